The first-order valence-corrected chi connectivity index (χ1v) is 10.5. The highest BCUT2D eigenvalue weighted by atomic mass is 16.2. The molecule has 152 valence electrons. The molecule has 30 heavy (non-hydrogen) atoms. The molecular weight excluding hydrogens is 376 g/mol. The van der Waals surface area contributed by atoms with Gasteiger partial charge in [-0.3, -0.25) is 19.3 Å². The van der Waals surface area contributed by atoms with Crippen LogP contribution in [-0.4, -0.2) is 17.7 Å². The molecule has 1 aliphatic heterocycles. The van der Waals surface area contributed by atoms with Crippen LogP contribution in [0.5, 0.6) is 0 Å². The molecule has 6 rings (SSSR count). The third-order valence-electron chi connectivity index (χ3n) is 6.65. The topological polar surface area (TPSA) is 66.5 Å². The van der Waals surface area contributed by atoms with Crippen LogP contribution in [0.1, 0.15) is 24.0 Å². The standard InChI is InChI=1S/C25H24N2O3/c1-15-2-10-19(11-3-15)26-21(28)14-16-4-12-20(13-5-16)27-24(29)22-17-6-7-18(9-8-17)23(22)25(27)30/h2-7,10-13,17-18,22-23H,8-9,14H2,1H3,(H,26,28). The highest BCUT2D eigenvalue weighted by Gasteiger charge is 2.56. The van der Waals surface area contributed by atoms with Crippen molar-refractivity contribution in [3.63, 3.8) is 0 Å². The van der Waals surface area contributed by atoms with Gasteiger partial charge in [-0.1, -0.05) is 42.0 Å². The fourth-order valence-corrected chi connectivity index (χ4v) is 5.12. The van der Waals surface area contributed by atoms with Crippen LogP contribution in [0.4, 0.5) is 11.4 Å². The zero-order valence-corrected chi connectivity index (χ0v) is 16.9. The third-order valence-corrected chi connectivity index (χ3v) is 6.65. The number of hydrogen-bond donors (Lipinski definition) is 1. The summed E-state index contributed by atoms with van der Waals surface area (Å²) in [6, 6.07) is 14.8. The Hall–Kier alpha value is -3.21. The SMILES string of the molecule is Cc1ccc(NC(=O)Cc2ccc(N3C(=O)C4C5C=CC(CC5)C4C3=O)cc2)cc1. The van der Waals surface area contributed by atoms with Crippen molar-refractivity contribution < 1.29 is 14.4 Å². The fraction of sp³-hybridized carbons (Fsp3) is 0.320. The molecule has 3 amide bonds. The number of imide groups is 1. The molecule has 1 saturated heterocycles. The highest BCUT2D eigenvalue weighted by molar-refractivity contribution is 6.22. The average molecular weight is 400 g/mol. The van der Waals surface area contributed by atoms with E-state index in [9.17, 15) is 14.4 Å². The number of carbonyl (C=O) groups is 3. The van der Waals surface area contributed by atoms with Gasteiger partial charge in [-0.05, 0) is 61.4 Å². The van der Waals surface area contributed by atoms with E-state index in [-0.39, 0.29) is 47.8 Å². The maximum absolute atomic E-state index is 13.0. The first-order chi connectivity index (χ1) is 14.5. The second-order valence-corrected chi connectivity index (χ2v) is 8.61. The van der Waals surface area contributed by atoms with E-state index in [1.165, 1.54) is 4.90 Å². The van der Waals surface area contributed by atoms with Crippen LogP contribution in [0.3, 0.4) is 0 Å². The summed E-state index contributed by atoms with van der Waals surface area (Å²) in [5, 5.41) is 2.89. The molecule has 2 aromatic rings. The number of carbonyl (C=O) groups excluding carboxylic acids is 3. The minimum atomic E-state index is -0.207. The number of fused-ring (bicyclic) bond motifs is 1. The van der Waals surface area contributed by atoms with Gasteiger partial charge in [-0.2, -0.15) is 0 Å². The number of aryl methyl sites for hydroxylation is 1. The van der Waals surface area contributed by atoms with Gasteiger partial charge >= 0.3 is 0 Å². The van der Waals surface area contributed by atoms with E-state index >= 15 is 0 Å². The molecule has 4 unspecified atom stereocenters. The number of hydrogen-bond acceptors (Lipinski definition) is 3. The van der Waals surface area contributed by atoms with Gasteiger partial charge in [-0.25, -0.2) is 0 Å². The number of benzene rings is 2. The van der Waals surface area contributed by atoms with Crippen molar-refractivity contribution in [3.8, 4) is 0 Å². The maximum Gasteiger partial charge on any atom is 0.238 e. The minimum absolute atomic E-state index is 0.0751. The van der Waals surface area contributed by atoms with E-state index in [0.29, 0.717) is 5.69 Å². The lowest BCUT2D eigenvalue weighted by Crippen LogP contribution is -2.38. The lowest BCUT2D eigenvalue weighted by Gasteiger charge is -2.38. The Balaban J connectivity index is 1.28. The van der Waals surface area contributed by atoms with Gasteiger partial charge in [0.2, 0.25) is 17.7 Å². The predicted molar refractivity (Wildman–Crippen MR) is 115 cm³/mol. The van der Waals surface area contributed by atoms with Gasteiger partial charge in [0.25, 0.3) is 0 Å². The van der Waals surface area contributed by atoms with Crippen LogP contribution in [0.2, 0.25) is 0 Å². The summed E-state index contributed by atoms with van der Waals surface area (Å²) in [5.74, 6) is -0.295. The minimum Gasteiger partial charge on any atom is -0.326 e. The Bertz CT molecular complexity index is 1010. The van der Waals surface area contributed by atoms with E-state index < -0.39 is 0 Å². The molecule has 3 aliphatic carbocycles. The summed E-state index contributed by atoms with van der Waals surface area (Å²) >= 11 is 0. The second-order valence-electron chi connectivity index (χ2n) is 8.61. The Labute approximate surface area is 175 Å². The Morgan fingerprint density at radius 2 is 1.47 bits per heavy atom. The number of rotatable bonds is 4. The molecule has 0 radical (unpaired) electrons. The summed E-state index contributed by atoms with van der Waals surface area (Å²) < 4.78 is 0. The van der Waals surface area contributed by atoms with Crippen LogP contribution in [0, 0.1) is 30.6 Å². The van der Waals surface area contributed by atoms with Crippen molar-refractivity contribution in [2.45, 2.75) is 26.2 Å². The zero-order chi connectivity index (χ0) is 20.8. The van der Waals surface area contributed by atoms with Gasteiger partial charge in [0.15, 0.2) is 0 Å². The van der Waals surface area contributed by atoms with E-state index in [1.807, 2.05) is 43.3 Å². The van der Waals surface area contributed by atoms with Crippen LogP contribution >= 0.6 is 0 Å². The quantitative estimate of drug-likeness (QED) is 0.626. The molecule has 1 saturated carbocycles. The lowest BCUT2D eigenvalue weighted by molar-refractivity contribution is -0.124. The second kappa shape index (κ2) is 7.24. The van der Waals surface area contributed by atoms with Crippen LogP contribution < -0.4 is 10.2 Å². The van der Waals surface area contributed by atoms with Crippen molar-refractivity contribution in [3.05, 3.63) is 71.8 Å². The predicted octanol–water partition coefficient (Wildman–Crippen LogP) is 3.88. The number of nitrogens with one attached hydrogen (secondary N) is 1. The monoisotopic (exact) mass is 400 g/mol. The molecule has 1 N–H and O–H groups in total. The van der Waals surface area contributed by atoms with Gasteiger partial charge in [0.05, 0.1) is 23.9 Å². The van der Waals surface area contributed by atoms with Crippen molar-refractivity contribution in [1.29, 1.82) is 0 Å². The van der Waals surface area contributed by atoms with Crippen molar-refractivity contribution in [1.82, 2.24) is 0 Å². The third kappa shape index (κ3) is 3.15. The van der Waals surface area contributed by atoms with Crippen LogP contribution in [0.25, 0.3) is 0 Å². The maximum atomic E-state index is 13.0. The first kappa shape index (κ1) is 18.8. The molecule has 0 aromatic heterocycles. The molecule has 2 aromatic carbocycles. The molecular formula is C25H24N2O3. The van der Waals surface area contributed by atoms with Crippen molar-refractivity contribution in [2.24, 2.45) is 23.7 Å². The summed E-state index contributed by atoms with van der Waals surface area (Å²) in [6.07, 6.45) is 6.46. The van der Waals surface area contributed by atoms with Crippen molar-refractivity contribution >= 4 is 29.1 Å². The van der Waals surface area contributed by atoms with Gasteiger partial charge in [0, 0.05) is 5.69 Å². The van der Waals surface area contributed by atoms with E-state index in [2.05, 4.69) is 17.5 Å². The first-order valence-electron chi connectivity index (χ1n) is 10.5. The number of anilines is 2. The van der Waals surface area contributed by atoms with Gasteiger partial charge in [0.1, 0.15) is 0 Å². The molecule has 5 nitrogen and oxygen atoms in total. The van der Waals surface area contributed by atoms with Crippen LogP contribution in [-0.2, 0) is 20.8 Å². The van der Waals surface area contributed by atoms with Gasteiger partial charge < -0.3 is 5.32 Å². The smallest absolute Gasteiger partial charge is 0.238 e. The molecule has 2 fully saturated rings. The number of allylic oxidation sites excluding steroid dienone is 2. The number of amides is 3. The average Bonchev–Trinajstić information content (AvgIpc) is 3.04. The molecule has 5 heteroatoms. The Morgan fingerprint density at radius 3 is 2.00 bits per heavy atom. The number of nitrogens with zero attached hydrogens (tertiary/aromatic N) is 1. The largest absolute Gasteiger partial charge is 0.326 e. The molecule has 4 atom stereocenters. The summed E-state index contributed by atoms with van der Waals surface area (Å²) in [6.45, 7) is 2.00. The van der Waals surface area contributed by atoms with E-state index in [0.717, 1.165) is 29.7 Å². The summed E-state index contributed by atoms with van der Waals surface area (Å²) in [7, 11) is 0. The fourth-order valence-electron chi connectivity index (χ4n) is 5.12. The Morgan fingerprint density at radius 1 is 0.900 bits per heavy atom. The summed E-state index contributed by atoms with van der Waals surface area (Å²) in [5.41, 5.74) is 3.34. The normalized spacial score (nSPS) is 26.8. The van der Waals surface area contributed by atoms with Gasteiger partial charge in [-0.15, -0.1) is 0 Å². The van der Waals surface area contributed by atoms with Crippen LogP contribution in [0.15, 0.2) is 60.7 Å². The molecule has 0 spiro atoms. The highest BCUT2D eigenvalue weighted by Crippen LogP contribution is 2.50. The summed E-state index contributed by atoms with van der Waals surface area (Å²) in [4.78, 5) is 39.8. The lowest BCUT2D eigenvalue weighted by atomic mass is 9.63. The Kier molecular flexibility index (Phi) is 4.54. The van der Waals surface area contributed by atoms with E-state index in [4.69, 9.17) is 0 Å². The van der Waals surface area contributed by atoms with E-state index in [1.54, 1.807) is 12.1 Å². The molecule has 2 bridgehead atoms. The zero-order valence-electron chi connectivity index (χ0n) is 16.9. The molecule has 1 heterocycles. The molecule has 4 aliphatic rings. The van der Waals surface area contributed by atoms with Crippen molar-refractivity contribution in [2.75, 3.05) is 10.2 Å².